The van der Waals surface area contributed by atoms with Gasteiger partial charge in [0.25, 0.3) is 0 Å². The lowest BCUT2D eigenvalue weighted by Gasteiger charge is -2.44. The summed E-state index contributed by atoms with van der Waals surface area (Å²) in [7, 11) is 0. The lowest BCUT2D eigenvalue weighted by Crippen LogP contribution is -2.60. The lowest BCUT2D eigenvalue weighted by atomic mass is 9.91. The third-order valence-corrected chi connectivity index (χ3v) is 5.13. The fourth-order valence-corrected chi connectivity index (χ4v) is 3.31. The molecule has 2 nitrogen and oxygen atoms in total. The maximum atomic E-state index is 3.77. The summed E-state index contributed by atoms with van der Waals surface area (Å²) in [5.41, 5.74) is 1.46. The van der Waals surface area contributed by atoms with Crippen LogP contribution in [0.25, 0.3) is 0 Å². The predicted octanol–water partition coefficient (Wildman–Crippen LogP) is 3.57. The van der Waals surface area contributed by atoms with Crippen LogP contribution in [0.15, 0.2) is 30.3 Å². The average molecular weight is 288 g/mol. The smallest absolute Gasteiger partial charge is 0.0247 e. The van der Waals surface area contributed by atoms with E-state index in [0.717, 1.165) is 12.5 Å². The summed E-state index contributed by atoms with van der Waals surface area (Å²) in [5, 5.41) is 3.77. The zero-order valence-electron chi connectivity index (χ0n) is 14.2. The van der Waals surface area contributed by atoms with Crippen LogP contribution in [0.4, 0.5) is 0 Å². The summed E-state index contributed by atoms with van der Waals surface area (Å²) in [6, 6.07) is 12.2. The van der Waals surface area contributed by atoms with E-state index in [-0.39, 0.29) is 0 Å². The molecule has 3 atom stereocenters. The zero-order valence-corrected chi connectivity index (χ0v) is 14.2. The Bertz CT molecular complexity index is 401. The van der Waals surface area contributed by atoms with Crippen molar-refractivity contribution in [2.24, 2.45) is 11.8 Å². The largest absolute Gasteiger partial charge is 0.311 e. The van der Waals surface area contributed by atoms with E-state index in [9.17, 15) is 0 Å². The number of hydrogen-bond donors (Lipinski definition) is 1. The molecule has 1 aromatic carbocycles. The van der Waals surface area contributed by atoms with Crippen molar-refractivity contribution in [1.29, 1.82) is 0 Å². The van der Waals surface area contributed by atoms with Gasteiger partial charge < -0.3 is 5.32 Å². The van der Waals surface area contributed by atoms with Crippen LogP contribution < -0.4 is 5.32 Å². The van der Waals surface area contributed by atoms with Crippen LogP contribution in [-0.2, 0) is 6.42 Å². The summed E-state index contributed by atoms with van der Waals surface area (Å²) < 4.78 is 0. The van der Waals surface area contributed by atoms with Crippen LogP contribution in [0.1, 0.15) is 39.7 Å². The Kier molecular flexibility index (Phi) is 6.25. The maximum absolute atomic E-state index is 3.77. The molecule has 3 unspecified atom stereocenters. The molecule has 0 saturated carbocycles. The highest BCUT2D eigenvalue weighted by Crippen LogP contribution is 2.21. The first kappa shape index (κ1) is 16.5. The molecule has 1 aliphatic heterocycles. The van der Waals surface area contributed by atoms with Crippen molar-refractivity contribution in [2.45, 2.75) is 52.6 Å². The van der Waals surface area contributed by atoms with E-state index in [1.54, 1.807) is 0 Å². The Morgan fingerprint density at radius 2 is 1.90 bits per heavy atom. The third kappa shape index (κ3) is 4.55. The number of nitrogens with one attached hydrogen (secondary N) is 1. The summed E-state index contributed by atoms with van der Waals surface area (Å²) >= 11 is 0. The first-order chi connectivity index (χ1) is 10.1. The monoisotopic (exact) mass is 288 g/mol. The highest BCUT2D eigenvalue weighted by molar-refractivity contribution is 5.15. The van der Waals surface area contributed by atoms with Gasteiger partial charge in [0, 0.05) is 31.7 Å². The Morgan fingerprint density at radius 1 is 1.19 bits per heavy atom. The van der Waals surface area contributed by atoms with Crippen molar-refractivity contribution in [1.82, 2.24) is 10.2 Å². The van der Waals surface area contributed by atoms with Crippen molar-refractivity contribution in [3.63, 3.8) is 0 Å². The van der Waals surface area contributed by atoms with Gasteiger partial charge in [-0.3, -0.25) is 4.90 Å². The second-order valence-electron chi connectivity index (χ2n) is 6.94. The molecule has 2 rings (SSSR count). The predicted molar refractivity (Wildman–Crippen MR) is 91.6 cm³/mol. The van der Waals surface area contributed by atoms with E-state index < -0.39 is 0 Å². The normalized spacial score (nSPS) is 25.2. The quantitative estimate of drug-likeness (QED) is 0.861. The molecule has 118 valence electrons. The SMILES string of the molecule is CCC(C)C1CNC(C(C)C)CN1CCc1ccccc1. The topological polar surface area (TPSA) is 15.3 Å². The van der Waals surface area contributed by atoms with Gasteiger partial charge in [-0.15, -0.1) is 0 Å². The van der Waals surface area contributed by atoms with Crippen LogP contribution in [-0.4, -0.2) is 36.6 Å². The highest BCUT2D eigenvalue weighted by atomic mass is 15.2. The highest BCUT2D eigenvalue weighted by Gasteiger charge is 2.31. The standard InChI is InChI=1S/C19H32N2/c1-5-16(4)19-13-20-18(15(2)3)14-21(19)12-11-17-9-7-6-8-10-17/h6-10,15-16,18-20H,5,11-14H2,1-4H3. The molecule has 0 aromatic heterocycles. The molecule has 0 amide bonds. The minimum absolute atomic E-state index is 0.640. The molecule has 0 radical (unpaired) electrons. The Hall–Kier alpha value is -0.860. The Morgan fingerprint density at radius 3 is 2.52 bits per heavy atom. The Balaban J connectivity index is 1.99. The fraction of sp³-hybridized carbons (Fsp3) is 0.684. The van der Waals surface area contributed by atoms with E-state index in [0.29, 0.717) is 18.0 Å². The lowest BCUT2D eigenvalue weighted by molar-refractivity contribution is 0.0801. The number of hydrogen-bond acceptors (Lipinski definition) is 2. The molecule has 1 aromatic rings. The second-order valence-corrected chi connectivity index (χ2v) is 6.94. The number of rotatable bonds is 6. The first-order valence-corrected chi connectivity index (χ1v) is 8.63. The van der Waals surface area contributed by atoms with Gasteiger partial charge in [0.05, 0.1) is 0 Å². The minimum atomic E-state index is 0.640. The van der Waals surface area contributed by atoms with Crippen molar-refractivity contribution >= 4 is 0 Å². The molecule has 0 spiro atoms. The number of piperazine rings is 1. The first-order valence-electron chi connectivity index (χ1n) is 8.63. The molecule has 0 aliphatic carbocycles. The van der Waals surface area contributed by atoms with Crippen LogP contribution in [0.5, 0.6) is 0 Å². The van der Waals surface area contributed by atoms with E-state index in [2.05, 4.69) is 68.2 Å². The number of nitrogens with zero attached hydrogens (tertiary/aromatic N) is 1. The van der Waals surface area contributed by atoms with Gasteiger partial charge in [0.2, 0.25) is 0 Å². The van der Waals surface area contributed by atoms with E-state index in [1.165, 1.54) is 31.5 Å². The molecule has 1 N–H and O–H groups in total. The molecule has 1 saturated heterocycles. The number of benzene rings is 1. The van der Waals surface area contributed by atoms with Gasteiger partial charge in [-0.05, 0) is 23.8 Å². The van der Waals surface area contributed by atoms with E-state index in [1.807, 2.05) is 0 Å². The summed E-state index contributed by atoms with van der Waals surface area (Å²) in [6.45, 7) is 12.9. The summed E-state index contributed by atoms with van der Waals surface area (Å²) in [6.07, 6.45) is 2.43. The minimum Gasteiger partial charge on any atom is -0.311 e. The second kappa shape index (κ2) is 7.95. The molecular formula is C19H32N2. The molecule has 21 heavy (non-hydrogen) atoms. The van der Waals surface area contributed by atoms with Gasteiger partial charge in [-0.25, -0.2) is 0 Å². The van der Waals surface area contributed by atoms with Gasteiger partial charge in [0.15, 0.2) is 0 Å². The third-order valence-electron chi connectivity index (χ3n) is 5.13. The molecule has 1 fully saturated rings. The van der Waals surface area contributed by atoms with E-state index in [4.69, 9.17) is 0 Å². The molecular weight excluding hydrogens is 256 g/mol. The van der Waals surface area contributed by atoms with Crippen LogP contribution in [0, 0.1) is 11.8 Å². The van der Waals surface area contributed by atoms with Crippen molar-refractivity contribution in [2.75, 3.05) is 19.6 Å². The molecule has 2 heteroatoms. The maximum Gasteiger partial charge on any atom is 0.0247 e. The van der Waals surface area contributed by atoms with Gasteiger partial charge in [0.1, 0.15) is 0 Å². The van der Waals surface area contributed by atoms with Crippen molar-refractivity contribution in [3.05, 3.63) is 35.9 Å². The molecule has 1 heterocycles. The van der Waals surface area contributed by atoms with Gasteiger partial charge >= 0.3 is 0 Å². The van der Waals surface area contributed by atoms with Crippen molar-refractivity contribution < 1.29 is 0 Å². The van der Waals surface area contributed by atoms with Crippen molar-refractivity contribution in [3.8, 4) is 0 Å². The van der Waals surface area contributed by atoms with Crippen LogP contribution >= 0.6 is 0 Å². The molecule has 0 bridgehead atoms. The van der Waals surface area contributed by atoms with Crippen LogP contribution in [0.3, 0.4) is 0 Å². The average Bonchev–Trinajstić information content (AvgIpc) is 2.52. The summed E-state index contributed by atoms with van der Waals surface area (Å²) in [5.74, 6) is 1.48. The van der Waals surface area contributed by atoms with Gasteiger partial charge in [-0.2, -0.15) is 0 Å². The van der Waals surface area contributed by atoms with E-state index >= 15 is 0 Å². The zero-order chi connectivity index (χ0) is 15.2. The molecule has 1 aliphatic rings. The van der Waals surface area contributed by atoms with Crippen LogP contribution in [0.2, 0.25) is 0 Å². The Labute approximate surface area is 130 Å². The fourth-order valence-electron chi connectivity index (χ4n) is 3.31. The van der Waals surface area contributed by atoms with Gasteiger partial charge in [-0.1, -0.05) is 64.4 Å². The summed E-state index contributed by atoms with van der Waals surface area (Å²) in [4.78, 5) is 2.74.